The van der Waals surface area contributed by atoms with Crippen LogP contribution in [0.5, 0.6) is 0 Å². The maximum Gasteiger partial charge on any atom is 0.317 e. The third kappa shape index (κ3) is 3.54. The van der Waals surface area contributed by atoms with E-state index in [0.717, 1.165) is 12.8 Å². The lowest BCUT2D eigenvalue weighted by molar-refractivity contribution is 0.188. The molecule has 0 spiro atoms. The minimum absolute atomic E-state index is 0.136. The van der Waals surface area contributed by atoms with Gasteiger partial charge in [-0.05, 0) is 38.2 Å². The third-order valence-electron chi connectivity index (χ3n) is 4.60. The highest BCUT2D eigenvalue weighted by Crippen LogP contribution is 2.32. The van der Waals surface area contributed by atoms with Crippen LogP contribution in [0.4, 0.5) is 4.79 Å². The summed E-state index contributed by atoms with van der Waals surface area (Å²) >= 11 is 3.80. The van der Waals surface area contributed by atoms with E-state index in [2.05, 4.69) is 17.8 Å². The number of carbonyl (C=O) groups excluding carboxylic acids is 1. The van der Waals surface area contributed by atoms with Gasteiger partial charge in [-0.25, -0.2) is 4.79 Å². The van der Waals surface area contributed by atoms with Crippen LogP contribution in [0.25, 0.3) is 0 Å². The van der Waals surface area contributed by atoms with E-state index in [9.17, 15) is 4.79 Å². The monoisotopic (exact) mass is 302 g/mol. The van der Waals surface area contributed by atoms with Gasteiger partial charge < -0.3 is 10.2 Å². The van der Waals surface area contributed by atoms with Gasteiger partial charge in [-0.1, -0.05) is 12.8 Å². The van der Waals surface area contributed by atoms with Crippen molar-refractivity contribution in [2.45, 2.75) is 61.1 Å². The molecule has 0 unspecified atom stereocenters. The summed E-state index contributed by atoms with van der Waals surface area (Å²) in [6.07, 6.45) is 11.6. The van der Waals surface area contributed by atoms with E-state index in [1.165, 1.54) is 25.7 Å². The Morgan fingerprint density at radius 3 is 2.37 bits per heavy atom. The molecule has 2 amide bonds. The number of hydrogen-bond donors (Lipinski definition) is 1. The highest BCUT2D eigenvalue weighted by molar-refractivity contribution is 7.99. The largest absolute Gasteiger partial charge is 0.334 e. The molecule has 0 aliphatic heterocycles. The standard InChI is InChI=1S/C14H26N2OS2/c1-16(11-7-5-9-13(11)19-3)14(17)15-10-6-4-8-12(10)18-2/h10-13H,4-9H2,1-3H3,(H,15,17)/t10-,11+,12+,13+/m0/s1. The predicted molar refractivity (Wildman–Crippen MR) is 86.2 cm³/mol. The Morgan fingerprint density at radius 1 is 1.05 bits per heavy atom. The van der Waals surface area contributed by atoms with Crippen LogP contribution in [0.15, 0.2) is 0 Å². The van der Waals surface area contributed by atoms with Gasteiger partial charge in [-0.2, -0.15) is 23.5 Å². The number of nitrogens with zero attached hydrogens (tertiary/aromatic N) is 1. The molecule has 2 rings (SSSR count). The number of thioether (sulfide) groups is 2. The van der Waals surface area contributed by atoms with Crippen molar-refractivity contribution in [3.63, 3.8) is 0 Å². The van der Waals surface area contributed by atoms with E-state index in [4.69, 9.17) is 0 Å². The Labute approximate surface area is 125 Å². The molecule has 0 heterocycles. The maximum atomic E-state index is 12.4. The minimum Gasteiger partial charge on any atom is -0.334 e. The lowest BCUT2D eigenvalue weighted by atomic mass is 10.2. The lowest BCUT2D eigenvalue weighted by Gasteiger charge is -2.31. The maximum absolute atomic E-state index is 12.4. The summed E-state index contributed by atoms with van der Waals surface area (Å²) in [5.41, 5.74) is 0. The molecule has 0 saturated heterocycles. The van der Waals surface area contributed by atoms with Gasteiger partial charge in [0.05, 0.1) is 0 Å². The fraction of sp³-hybridized carbons (Fsp3) is 0.929. The molecule has 2 aliphatic rings. The van der Waals surface area contributed by atoms with Crippen LogP contribution in [0, 0.1) is 0 Å². The van der Waals surface area contributed by atoms with Gasteiger partial charge in [0.25, 0.3) is 0 Å². The zero-order valence-corrected chi connectivity index (χ0v) is 13.9. The highest BCUT2D eigenvalue weighted by atomic mass is 32.2. The van der Waals surface area contributed by atoms with Crippen LogP contribution in [-0.2, 0) is 0 Å². The van der Waals surface area contributed by atoms with Gasteiger partial charge >= 0.3 is 6.03 Å². The third-order valence-corrected chi connectivity index (χ3v) is 6.93. The summed E-state index contributed by atoms with van der Waals surface area (Å²) in [5.74, 6) is 0. The van der Waals surface area contributed by atoms with Gasteiger partial charge in [0.1, 0.15) is 0 Å². The van der Waals surface area contributed by atoms with E-state index >= 15 is 0 Å². The van der Waals surface area contributed by atoms with Crippen molar-refractivity contribution in [3.05, 3.63) is 0 Å². The Kier molecular flexibility index (Phi) is 5.75. The Bertz CT molecular complexity index is 314. The van der Waals surface area contributed by atoms with Crippen molar-refractivity contribution in [3.8, 4) is 0 Å². The molecule has 19 heavy (non-hydrogen) atoms. The van der Waals surface area contributed by atoms with Crippen molar-refractivity contribution >= 4 is 29.6 Å². The first-order valence-electron chi connectivity index (χ1n) is 7.26. The van der Waals surface area contributed by atoms with Crippen LogP contribution >= 0.6 is 23.5 Å². The Hall–Kier alpha value is -0.0300. The molecule has 110 valence electrons. The van der Waals surface area contributed by atoms with Gasteiger partial charge in [0.2, 0.25) is 0 Å². The second-order valence-electron chi connectivity index (χ2n) is 5.64. The number of urea groups is 1. The van der Waals surface area contributed by atoms with Crippen LogP contribution in [0.1, 0.15) is 38.5 Å². The topological polar surface area (TPSA) is 32.3 Å². The van der Waals surface area contributed by atoms with Crippen molar-refractivity contribution in [1.82, 2.24) is 10.2 Å². The summed E-state index contributed by atoms with van der Waals surface area (Å²) in [6, 6.07) is 0.931. The van der Waals surface area contributed by atoms with E-state index in [-0.39, 0.29) is 6.03 Å². The first-order chi connectivity index (χ1) is 9.17. The molecular weight excluding hydrogens is 276 g/mol. The molecular formula is C14H26N2OS2. The SMILES string of the molecule is CS[C@@H]1CCC[C@@H]1NC(=O)N(C)[C@@H]1CCC[C@H]1SC. The van der Waals surface area contributed by atoms with E-state index in [1.54, 1.807) is 0 Å². The lowest BCUT2D eigenvalue weighted by Crippen LogP contribution is -2.50. The fourth-order valence-corrected chi connectivity index (χ4v) is 5.38. The van der Waals surface area contributed by atoms with Crippen LogP contribution in [0.2, 0.25) is 0 Å². The summed E-state index contributed by atoms with van der Waals surface area (Å²) in [4.78, 5) is 14.4. The molecule has 2 saturated carbocycles. The molecule has 1 N–H and O–H groups in total. The van der Waals surface area contributed by atoms with Gasteiger partial charge in [-0.15, -0.1) is 0 Å². The van der Waals surface area contributed by atoms with Crippen molar-refractivity contribution < 1.29 is 4.79 Å². The molecule has 2 fully saturated rings. The summed E-state index contributed by atoms with van der Waals surface area (Å²) in [5, 5.41) is 4.49. The summed E-state index contributed by atoms with van der Waals surface area (Å²) in [7, 11) is 1.97. The van der Waals surface area contributed by atoms with Crippen LogP contribution in [0.3, 0.4) is 0 Å². The van der Waals surface area contributed by atoms with Gasteiger partial charge in [-0.3, -0.25) is 0 Å². The number of carbonyl (C=O) groups is 1. The van der Waals surface area contributed by atoms with Crippen LogP contribution in [-0.4, -0.2) is 53.1 Å². The number of amides is 2. The number of rotatable bonds is 4. The molecule has 0 bridgehead atoms. The zero-order valence-electron chi connectivity index (χ0n) is 12.2. The molecule has 3 nitrogen and oxygen atoms in total. The molecule has 0 aromatic heterocycles. The smallest absolute Gasteiger partial charge is 0.317 e. The average molecular weight is 303 g/mol. The van der Waals surface area contributed by atoms with Crippen molar-refractivity contribution in [1.29, 1.82) is 0 Å². The molecule has 0 aromatic rings. The normalized spacial score (nSPS) is 34.5. The predicted octanol–water partition coefficient (Wildman–Crippen LogP) is 3.20. The number of nitrogens with one attached hydrogen (secondary N) is 1. The quantitative estimate of drug-likeness (QED) is 0.865. The first kappa shape index (κ1) is 15.4. The van der Waals surface area contributed by atoms with E-state index in [0.29, 0.717) is 22.6 Å². The second kappa shape index (κ2) is 7.11. The molecule has 2 aliphatic carbocycles. The fourth-order valence-electron chi connectivity index (χ4n) is 3.41. The van der Waals surface area contributed by atoms with Crippen molar-refractivity contribution in [2.75, 3.05) is 19.6 Å². The molecule has 0 radical (unpaired) electrons. The van der Waals surface area contributed by atoms with Crippen LogP contribution < -0.4 is 5.32 Å². The minimum atomic E-state index is 0.136. The molecule has 0 aromatic carbocycles. The highest BCUT2D eigenvalue weighted by Gasteiger charge is 2.34. The second-order valence-corrected chi connectivity index (χ2v) is 7.80. The molecule has 4 atom stereocenters. The van der Waals surface area contributed by atoms with Gasteiger partial charge in [0.15, 0.2) is 0 Å². The Morgan fingerprint density at radius 2 is 1.68 bits per heavy atom. The summed E-state index contributed by atoms with van der Waals surface area (Å²) in [6.45, 7) is 0. The average Bonchev–Trinajstić information content (AvgIpc) is 3.05. The van der Waals surface area contributed by atoms with Gasteiger partial charge in [0, 0.05) is 29.6 Å². The molecule has 5 heteroatoms. The van der Waals surface area contributed by atoms with E-state index in [1.807, 2.05) is 35.5 Å². The van der Waals surface area contributed by atoms with Crippen molar-refractivity contribution in [2.24, 2.45) is 0 Å². The zero-order chi connectivity index (χ0) is 13.8. The Balaban J connectivity index is 1.88. The summed E-state index contributed by atoms with van der Waals surface area (Å²) < 4.78 is 0. The van der Waals surface area contributed by atoms with E-state index < -0.39 is 0 Å². The number of hydrogen-bond acceptors (Lipinski definition) is 3. The first-order valence-corrected chi connectivity index (χ1v) is 9.84.